The van der Waals surface area contributed by atoms with Crippen molar-refractivity contribution in [1.29, 1.82) is 0 Å². The van der Waals surface area contributed by atoms with Crippen molar-refractivity contribution in [3.63, 3.8) is 0 Å². The summed E-state index contributed by atoms with van der Waals surface area (Å²) >= 11 is 0. The molecule has 4 aromatic heterocycles. The Morgan fingerprint density at radius 3 is 2.83 bits per heavy atom. The van der Waals surface area contributed by atoms with Gasteiger partial charge in [-0.05, 0) is 37.7 Å². The number of hydrogen-bond acceptors (Lipinski definition) is 5. The van der Waals surface area contributed by atoms with Gasteiger partial charge in [0.15, 0.2) is 5.65 Å². The second kappa shape index (κ2) is 5.95. The second-order valence-electron chi connectivity index (χ2n) is 8.00. The van der Waals surface area contributed by atoms with Crippen LogP contribution in [-0.2, 0) is 0 Å². The van der Waals surface area contributed by atoms with E-state index in [0.717, 1.165) is 22.3 Å². The number of rotatable bonds is 6. The number of halogens is 2. The summed E-state index contributed by atoms with van der Waals surface area (Å²) in [5.74, 6) is -2.48. The summed E-state index contributed by atoms with van der Waals surface area (Å²) in [7, 11) is 0. The highest BCUT2D eigenvalue weighted by atomic mass is 19.3. The van der Waals surface area contributed by atoms with Gasteiger partial charge in [0.1, 0.15) is 5.65 Å². The Bertz CT molecular complexity index is 1220. The minimum absolute atomic E-state index is 0.196. The van der Waals surface area contributed by atoms with Crippen molar-refractivity contribution in [1.82, 2.24) is 29.5 Å². The zero-order chi connectivity index (χ0) is 19.6. The third kappa shape index (κ3) is 2.92. The molecule has 0 atom stereocenters. The Kier molecular flexibility index (Phi) is 3.45. The molecule has 2 fully saturated rings. The number of fused-ring (bicyclic) bond motifs is 2. The number of hydrogen-bond donors (Lipinski definition) is 2. The molecule has 7 nitrogen and oxygen atoms in total. The van der Waals surface area contributed by atoms with Crippen molar-refractivity contribution in [3.8, 4) is 11.3 Å². The number of aromatic nitrogens is 6. The van der Waals surface area contributed by atoms with Crippen molar-refractivity contribution in [2.45, 2.75) is 37.5 Å². The molecule has 4 heterocycles. The van der Waals surface area contributed by atoms with E-state index in [4.69, 9.17) is 4.98 Å². The number of aromatic amines is 1. The van der Waals surface area contributed by atoms with E-state index in [2.05, 4.69) is 25.4 Å². The molecule has 2 aliphatic carbocycles. The highest BCUT2D eigenvalue weighted by Gasteiger charge is 2.46. The SMILES string of the molecule is FC(F)(CNc1ncc2c(-c3ccn4ncc(C5CC5)c4n3)c[nH]c2n1)C1CC1. The summed E-state index contributed by atoms with van der Waals surface area (Å²) in [5, 5.41) is 7.86. The average Bonchev–Trinajstić information content (AvgIpc) is 3.66. The molecule has 29 heavy (non-hydrogen) atoms. The zero-order valence-corrected chi connectivity index (χ0v) is 15.6. The lowest BCUT2D eigenvalue weighted by molar-refractivity contribution is -0.00831. The Morgan fingerprint density at radius 2 is 2.03 bits per heavy atom. The summed E-state index contributed by atoms with van der Waals surface area (Å²) in [4.78, 5) is 16.5. The first kappa shape index (κ1) is 16.8. The smallest absolute Gasteiger partial charge is 0.267 e. The Hall–Kier alpha value is -3.10. The highest BCUT2D eigenvalue weighted by molar-refractivity contribution is 5.92. The summed E-state index contributed by atoms with van der Waals surface area (Å²) < 4.78 is 29.6. The van der Waals surface area contributed by atoms with E-state index in [0.29, 0.717) is 24.4 Å². The Labute approximate surface area is 164 Å². The third-order valence-electron chi connectivity index (χ3n) is 5.78. The van der Waals surface area contributed by atoms with Crippen molar-refractivity contribution in [3.05, 3.63) is 36.4 Å². The van der Waals surface area contributed by atoms with E-state index in [9.17, 15) is 8.78 Å². The minimum Gasteiger partial charge on any atom is -0.348 e. The van der Waals surface area contributed by atoms with Gasteiger partial charge in [0.25, 0.3) is 5.92 Å². The predicted molar refractivity (Wildman–Crippen MR) is 104 cm³/mol. The molecule has 6 rings (SSSR count). The van der Waals surface area contributed by atoms with Crippen LogP contribution in [-0.4, -0.2) is 42.0 Å². The molecular formula is C20H19F2N7. The van der Waals surface area contributed by atoms with Crippen LogP contribution in [0.3, 0.4) is 0 Å². The van der Waals surface area contributed by atoms with Gasteiger partial charge in [-0.15, -0.1) is 0 Å². The van der Waals surface area contributed by atoms with Gasteiger partial charge in [-0.2, -0.15) is 10.1 Å². The number of alkyl halides is 2. The van der Waals surface area contributed by atoms with Crippen LogP contribution >= 0.6 is 0 Å². The summed E-state index contributed by atoms with van der Waals surface area (Å²) in [6.07, 6.45) is 10.8. The van der Waals surface area contributed by atoms with Crippen LogP contribution in [0.4, 0.5) is 14.7 Å². The fourth-order valence-electron chi connectivity index (χ4n) is 3.77. The van der Waals surface area contributed by atoms with E-state index < -0.39 is 18.4 Å². The molecule has 0 spiro atoms. The molecule has 0 amide bonds. The maximum atomic E-state index is 13.9. The number of H-pyrrole nitrogens is 1. The van der Waals surface area contributed by atoms with E-state index >= 15 is 0 Å². The zero-order valence-electron chi connectivity index (χ0n) is 15.6. The molecule has 0 aliphatic heterocycles. The average molecular weight is 395 g/mol. The van der Waals surface area contributed by atoms with Crippen LogP contribution < -0.4 is 5.32 Å². The predicted octanol–water partition coefficient (Wildman–Crippen LogP) is 4.00. The summed E-state index contributed by atoms with van der Waals surface area (Å²) in [6, 6.07) is 1.90. The van der Waals surface area contributed by atoms with Gasteiger partial charge < -0.3 is 10.3 Å². The van der Waals surface area contributed by atoms with Crippen molar-refractivity contribution < 1.29 is 8.78 Å². The van der Waals surface area contributed by atoms with Crippen LogP contribution in [0.2, 0.25) is 0 Å². The molecule has 0 radical (unpaired) electrons. The minimum atomic E-state index is -2.72. The molecular weight excluding hydrogens is 376 g/mol. The fraction of sp³-hybridized carbons (Fsp3) is 0.400. The molecule has 4 aromatic rings. The molecule has 2 aliphatic rings. The Morgan fingerprint density at radius 1 is 1.17 bits per heavy atom. The molecule has 2 saturated carbocycles. The van der Waals surface area contributed by atoms with E-state index in [1.807, 2.05) is 24.7 Å². The van der Waals surface area contributed by atoms with Crippen molar-refractivity contribution >= 4 is 22.6 Å². The van der Waals surface area contributed by atoms with Gasteiger partial charge in [0.2, 0.25) is 5.95 Å². The Balaban J connectivity index is 1.31. The van der Waals surface area contributed by atoms with E-state index in [1.54, 1.807) is 10.7 Å². The normalized spacial score (nSPS) is 17.3. The monoisotopic (exact) mass is 395 g/mol. The van der Waals surface area contributed by atoms with E-state index in [-0.39, 0.29) is 5.95 Å². The first-order valence-corrected chi connectivity index (χ1v) is 9.89. The summed E-state index contributed by atoms with van der Waals surface area (Å²) in [5.41, 5.74) is 4.33. The number of nitrogens with zero attached hydrogens (tertiary/aromatic N) is 5. The van der Waals surface area contributed by atoms with Crippen LogP contribution in [0.1, 0.15) is 37.2 Å². The van der Waals surface area contributed by atoms with Gasteiger partial charge in [-0.25, -0.2) is 23.3 Å². The lowest BCUT2D eigenvalue weighted by Gasteiger charge is -2.15. The van der Waals surface area contributed by atoms with Gasteiger partial charge in [-0.1, -0.05) is 0 Å². The summed E-state index contributed by atoms with van der Waals surface area (Å²) in [6.45, 7) is -0.444. The van der Waals surface area contributed by atoms with Crippen molar-refractivity contribution in [2.24, 2.45) is 5.92 Å². The lowest BCUT2D eigenvalue weighted by atomic mass is 10.1. The van der Waals surface area contributed by atoms with E-state index in [1.165, 1.54) is 18.4 Å². The highest BCUT2D eigenvalue weighted by Crippen LogP contribution is 2.43. The number of anilines is 1. The fourth-order valence-corrected chi connectivity index (χ4v) is 3.77. The van der Waals surface area contributed by atoms with Gasteiger partial charge in [0.05, 0.1) is 18.4 Å². The van der Waals surface area contributed by atoms with Crippen LogP contribution in [0.15, 0.2) is 30.9 Å². The molecule has 0 saturated heterocycles. The topological polar surface area (TPSA) is 83.8 Å². The van der Waals surface area contributed by atoms with Crippen LogP contribution in [0, 0.1) is 5.92 Å². The lowest BCUT2D eigenvalue weighted by Crippen LogP contribution is -2.29. The molecule has 9 heteroatoms. The maximum absolute atomic E-state index is 13.9. The molecule has 2 N–H and O–H groups in total. The molecule has 0 unspecified atom stereocenters. The maximum Gasteiger partial charge on any atom is 0.267 e. The number of nitrogens with one attached hydrogen (secondary N) is 2. The second-order valence-corrected chi connectivity index (χ2v) is 8.00. The van der Waals surface area contributed by atoms with Crippen LogP contribution in [0.25, 0.3) is 27.9 Å². The van der Waals surface area contributed by atoms with Crippen LogP contribution in [0.5, 0.6) is 0 Å². The third-order valence-corrected chi connectivity index (χ3v) is 5.78. The molecule has 0 aromatic carbocycles. The first-order chi connectivity index (χ1) is 14.1. The molecule has 0 bridgehead atoms. The molecule has 148 valence electrons. The standard InChI is InChI=1S/C20H19F2N7/c21-20(22,12-3-4-12)10-25-19-24-8-15-14(7-23-17(15)28-19)16-5-6-29-18(27-16)13(9-26-29)11-1-2-11/h5-9,11-12H,1-4,10H2,(H2,23,24,25,28). The van der Waals surface area contributed by atoms with Gasteiger partial charge in [-0.3, -0.25) is 0 Å². The van der Waals surface area contributed by atoms with Gasteiger partial charge in [0, 0.05) is 41.0 Å². The largest absolute Gasteiger partial charge is 0.348 e. The van der Waals surface area contributed by atoms with Crippen molar-refractivity contribution in [2.75, 3.05) is 11.9 Å². The quantitative estimate of drug-likeness (QED) is 0.516. The van der Waals surface area contributed by atoms with Gasteiger partial charge >= 0.3 is 0 Å². The first-order valence-electron chi connectivity index (χ1n) is 9.89.